The molecule has 7 heteroatoms. The van der Waals surface area contributed by atoms with Crippen molar-refractivity contribution >= 4 is 17.5 Å². The van der Waals surface area contributed by atoms with Gasteiger partial charge in [0.05, 0.1) is 17.3 Å². The Morgan fingerprint density at radius 1 is 1.04 bits per heavy atom. The Bertz CT molecular complexity index is 848. The maximum absolute atomic E-state index is 12.8. The van der Waals surface area contributed by atoms with E-state index in [1.807, 2.05) is 30.2 Å². The molecule has 2 aromatic heterocycles. The van der Waals surface area contributed by atoms with Gasteiger partial charge in [0.2, 0.25) is 0 Å². The van der Waals surface area contributed by atoms with Crippen molar-refractivity contribution in [3.8, 4) is 0 Å². The standard InChI is InChI=1S/C21H29N5O2/c1-15-6-5-11-26-19(15)18(14-22-26)20(27)23-17-9-12-25(13-10-17)21(28)24-16-7-3-2-4-8-16/h5-6,11,14,16-17H,2-4,7-10,12-13H2,1H3,(H,23,27)(H,24,28). The van der Waals surface area contributed by atoms with Crippen molar-refractivity contribution in [1.29, 1.82) is 0 Å². The quantitative estimate of drug-likeness (QED) is 0.855. The van der Waals surface area contributed by atoms with Crippen molar-refractivity contribution < 1.29 is 9.59 Å². The van der Waals surface area contributed by atoms with Gasteiger partial charge < -0.3 is 15.5 Å². The Morgan fingerprint density at radius 2 is 1.75 bits per heavy atom. The molecule has 0 aromatic carbocycles. The highest BCUT2D eigenvalue weighted by Gasteiger charge is 2.26. The molecule has 0 spiro atoms. The molecule has 2 N–H and O–H groups in total. The number of piperidine rings is 1. The van der Waals surface area contributed by atoms with Crippen LogP contribution in [0.15, 0.2) is 24.5 Å². The van der Waals surface area contributed by atoms with Gasteiger partial charge in [0, 0.05) is 31.4 Å². The second-order valence-corrected chi connectivity index (χ2v) is 8.06. The minimum Gasteiger partial charge on any atom is -0.349 e. The first-order valence-electron chi connectivity index (χ1n) is 10.4. The van der Waals surface area contributed by atoms with Crippen molar-refractivity contribution in [2.24, 2.45) is 0 Å². The van der Waals surface area contributed by atoms with E-state index in [0.717, 1.165) is 36.8 Å². The Hall–Kier alpha value is -2.57. The number of nitrogens with one attached hydrogen (secondary N) is 2. The van der Waals surface area contributed by atoms with Gasteiger partial charge in [0.15, 0.2) is 0 Å². The summed E-state index contributed by atoms with van der Waals surface area (Å²) in [6.07, 6.45) is 10.9. The zero-order valence-electron chi connectivity index (χ0n) is 16.5. The van der Waals surface area contributed by atoms with Crippen LogP contribution in [0.25, 0.3) is 5.52 Å². The van der Waals surface area contributed by atoms with Gasteiger partial charge >= 0.3 is 6.03 Å². The smallest absolute Gasteiger partial charge is 0.317 e. The summed E-state index contributed by atoms with van der Waals surface area (Å²) < 4.78 is 1.74. The third-order valence-corrected chi connectivity index (χ3v) is 6.04. The maximum atomic E-state index is 12.8. The summed E-state index contributed by atoms with van der Waals surface area (Å²) >= 11 is 0. The number of carbonyl (C=O) groups excluding carboxylic acids is 2. The van der Waals surface area contributed by atoms with E-state index >= 15 is 0 Å². The average Bonchev–Trinajstić information content (AvgIpc) is 3.15. The van der Waals surface area contributed by atoms with Crippen molar-refractivity contribution in [2.45, 2.75) is 64.0 Å². The van der Waals surface area contributed by atoms with Crippen molar-refractivity contribution in [3.63, 3.8) is 0 Å². The summed E-state index contributed by atoms with van der Waals surface area (Å²) in [4.78, 5) is 27.1. The number of nitrogens with zero attached hydrogens (tertiary/aromatic N) is 3. The Kier molecular flexibility index (Phi) is 5.50. The van der Waals surface area contributed by atoms with Gasteiger partial charge in [-0.15, -0.1) is 0 Å². The minimum absolute atomic E-state index is 0.0509. The number of carbonyl (C=O) groups is 2. The zero-order valence-corrected chi connectivity index (χ0v) is 16.5. The Balaban J connectivity index is 1.30. The molecule has 1 saturated carbocycles. The lowest BCUT2D eigenvalue weighted by molar-refractivity contribution is 0.0919. The van der Waals surface area contributed by atoms with E-state index in [1.54, 1.807) is 10.7 Å². The van der Waals surface area contributed by atoms with Crippen LogP contribution in [-0.2, 0) is 0 Å². The van der Waals surface area contributed by atoms with Gasteiger partial charge in [-0.1, -0.05) is 25.3 Å². The summed E-state index contributed by atoms with van der Waals surface area (Å²) in [5, 5.41) is 10.6. The van der Waals surface area contributed by atoms with E-state index in [0.29, 0.717) is 24.7 Å². The van der Waals surface area contributed by atoms with E-state index in [9.17, 15) is 9.59 Å². The molecule has 2 fully saturated rings. The second-order valence-electron chi connectivity index (χ2n) is 8.06. The highest BCUT2D eigenvalue weighted by atomic mass is 16.2. The highest BCUT2D eigenvalue weighted by Crippen LogP contribution is 2.19. The van der Waals surface area contributed by atoms with Gasteiger partial charge in [-0.25, -0.2) is 9.31 Å². The molecule has 0 bridgehead atoms. The Morgan fingerprint density at radius 3 is 2.50 bits per heavy atom. The summed E-state index contributed by atoms with van der Waals surface area (Å²) in [5.74, 6) is -0.0885. The van der Waals surface area contributed by atoms with Crippen LogP contribution in [0.2, 0.25) is 0 Å². The highest BCUT2D eigenvalue weighted by molar-refractivity contribution is 6.01. The Labute approximate surface area is 165 Å². The number of fused-ring (bicyclic) bond motifs is 1. The normalized spacial score (nSPS) is 19.0. The first-order chi connectivity index (χ1) is 13.6. The van der Waals surface area contributed by atoms with Crippen LogP contribution < -0.4 is 10.6 Å². The molecule has 1 saturated heterocycles. The van der Waals surface area contributed by atoms with Crippen LogP contribution >= 0.6 is 0 Å². The number of amides is 3. The molecule has 3 heterocycles. The summed E-state index contributed by atoms with van der Waals surface area (Å²) in [6.45, 7) is 3.34. The second kappa shape index (κ2) is 8.20. The van der Waals surface area contributed by atoms with Gasteiger partial charge in [0.1, 0.15) is 0 Å². The van der Waals surface area contributed by atoms with Gasteiger partial charge in [-0.05, 0) is 44.2 Å². The van der Waals surface area contributed by atoms with Crippen LogP contribution in [0.4, 0.5) is 4.79 Å². The van der Waals surface area contributed by atoms with Gasteiger partial charge in [-0.2, -0.15) is 5.10 Å². The molecule has 1 aliphatic heterocycles. The molecule has 150 valence electrons. The van der Waals surface area contributed by atoms with Gasteiger partial charge in [0.25, 0.3) is 5.91 Å². The third kappa shape index (κ3) is 3.98. The van der Waals surface area contributed by atoms with E-state index < -0.39 is 0 Å². The maximum Gasteiger partial charge on any atom is 0.317 e. The first-order valence-corrected chi connectivity index (χ1v) is 10.4. The number of rotatable bonds is 3. The number of aryl methyl sites for hydroxylation is 1. The van der Waals surface area contributed by atoms with Crippen molar-refractivity contribution in [2.75, 3.05) is 13.1 Å². The molecule has 0 unspecified atom stereocenters. The van der Waals surface area contributed by atoms with E-state index in [2.05, 4.69) is 15.7 Å². The lowest BCUT2D eigenvalue weighted by Crippen LogP contribution is -2.51. The SMILES string of the molecule is Cc1cccn2ncc(C(=O)NC3CCN(C(=O)NC4CCCCC4)CC3)c12. The summed E-state index contributed by atoms with van der Waals surface area (Å²) in [7, 11) is 0. The largest absolute Gasteiger partial charge is 0.349 e. The number of urea groups is 1. The predicted molar refractivity (Wildman–Crippen MR) is 107 cm³/mol. The number of likely N-dealkylation sites (tertiary alicyclic amines) is 1. The van der Waals surface area contributed by atoms with Crippen LogP contribution in [0.1, 0.15) is 60.9 Å². The molecule has 2 aromatic rings. The molecule has 4 rings (SSSR count). The third-order valence-electron chi connectivity index (χ3n) is 6.04. The van der Waals surface area contributed by atoms with Gasteiger partial charge in [-0.3, -0.25) is 4.79 Å². The lowest BCUT2D eigenvalue weighted by Gasteiger charge is -2.34. The van der Waals surface area contributed by atoms with Crippen LogP contribution in [-0.4, -0.2) is 51.6 Å². The number of hydrogen-bond acceptors (Lipinski definition) is 3. The molecule has 0 atom stereocenters. The monoisotopic (exact) mass is 383 g/mol. The fourth-order valence-corrected chi connectivity index (χ4v) is 4.39. The average molecular weight is 383 g/mol. The molecule has 3 amide bonds. The van der Waals surface area contributed by atoms with Crippen LogP contribution in [0, 0.1) is 6.92 Å². The minimum atomic E-state index is -0.0885. The number of hydrogen-bond donors (Lipinski definition) is 2. The number of pyridine rings is 1. The molecule has 28 heavy (non-hydrogen) atoms. The molecule has 7 nitrogen and oxygen atoms in total. The molecular formula is C21H29N5O2. The molecular weight excluding hydrogens is 354 g/mol. The van der Waals surface area contributed by atoms with E-state index in [1.165, 1.54) is 19.3 Å². The first kappa shape index (κ1) is 18.8. The fourth-order valence-electron chi connectivity index (χ4n) is 4.39. The van der Waals surface area contributed by atoms with Crippen molar-refractivity contribution in [1.82, 2.24) is 25.1 Å². The molecule has 2 aliphatic rings. The fraction of sp³-hybridized carbons (Fsp3) is 0.571. The van der Waals surface area contributed by atoms with Crippen LogP contribution in [0.3, 0.4) is 0 Å². The summed E-state index contributed by atoms with van der Waals surface area (Å²) in [5.41, 5.74) is 2.49. The number of aromatic nitrogens is 2. The summed E-state index contributed by atoms with van der Waals surface area (Å²) in [6, 6.07) is 4.38. The van der Waals surface area contributed by atoms with E-state index in [4.69, 9.17) is 0 Å². The lowest BCUT2D eigenvalue weighted by atomic mass is 9.95. The van der Waals surface area contributed by atoms with E-state index in [-0.39, 0.29) is 18.0 Å². The topological polar surface area (TPSA) is 78.7 Å². The molecule has 0 radical (unpaired) electrons. The van der Waals surface area contributed by atoms with Crippen molar-refractivity contribution in [3.05, 3.63) is 35.7 Å². The van der Waals surface area contributed by atoms with Crippen LogP contribution in [0.5, 0.6) is 0 Å². The predicted octanol–water partition coefficient (Wildman–Crippen LogP) is 2.88. The zero-order chi connectivity index (χ0) is 19.5. The molecule has 1 aliphatic carbocycles.